The maximum absolute atomic E-state index is 12.7. The summed E-state index contributed by atoms with van der Waals surface area (Å²) >= 11 is 1.30. The number of hydrogen-bond acceptors (Lipinski definition) is 6. The lowest BCUT2D eigenvalue weighted by molar-refractivity contribution is -0.115. The summed E-state index contributed by atoms with van der Waals surface area (Å²) in [7, 11) is -3.84. The van der Waals surface area contributed by atoms with Crippen LogP contribution in [0.2, 0.25) is 0 Å². The largest absolute Gasteiger partial charge is 0.325 e. The molecule has 1 fully saturated rings. The van der Waals surface area contributed by atoms with Crippen molar-refractivity contribution in [3.63, 3.8) is 0 Å². The van der Waals surface area contributed by atoms with Crippen molar-refractivity contribution < 1.29 is 13.2 Å². The number of amides is 1. The van der Waals surface area contributed by atoms with E-state index in [-0.39, 0.29) is 10.8 Å². The number of anilines is 1. The van der Waals surface area contributed by atoms with Gasteiger partial charge in [0.25, 0.3) is 0 Å². The van der Waals surface area contributed by atoms with E-state index in [9.17, 15) is 13.2 Å². The van der Waals surface area contributed by atoms with Gasteiger partial charge in [0.2, 0.25) is 15.9 Å². The number of hydrogen-bond donors (Lipinski definition) is 2. The Labute approximate surface area is 178 Å². The average Bonchev–Trinajstić information content (AvgIpc) is 3.48. The number of primary sulfonamides is 1. The minimum absolute atomic E-state index is 0.0569. The summed E-state index contributed by atoms with van der Waals surface area (Å²) in [5.74, 6) is 1.04. The third kappa shape index (κ3) is 4.55. The molecule has 1 aliphatic rings. The summed E-state index contributed by atoms with van der Waals surface area (Å²) in [6.45, 7) is 1.77. The molecule has 156 valence electrons. The number of benzene rings is 2. The lowest BCUT2D eigenvalue weighted by Crippen LogP contribution is -2.23. The first-order valence-corrected chi connectivity index (χ1v) is 11.9. The highest BCUT2D eigenvalue weighted by Crippen LogP contribution is 2.41. The predicted molar refractivity (Wildman–Crippen MR) is 115 cm³/mol. The Morgan fingerprint density at radius 3 is 2.57 bits per heavy atom. The van der Waals surface area contributed by atoms with Crippen LogP contribution in [-0.4, -0.2) is 34.3 Å². The fraction of sp³-hybridized carbons (Fsp3) is 0.250. The standard InChI is InChI=1S/C20H21N5O3S2/c1-13(19(26)22-15-6-5-9-17(12-15)30(21,27)28)29-20-24-23-18(14-10-11-14)25(20)16-7-3-2-4-8-16/h2-9,12-14H,10-11H2,1H3,(H,22,26)(H2,21,27,28). The van der Waals surface area contributed by atoms with Crippen molar-refractivity contribution in [2.24, 2.45) is 5.14 Å². The summed E-state index contributed by atoms with van der Waals surface area (Å²) in [6.07, 6.45) is 2.18. The van der Waals surface area contributed by atoms with E-state index in [4.69, 9.17) is 5.14 Å². The van der Waals surface area contributed by atoms with E-state index in [2.05, 4.69) is 15.5 Å². The molecule has 0 aliphatic heterocycles. The van der Waals surface area contributed by atoms with Crippen molar-refractivity contribution >= 4 is 33.4 Å². The van der Waals surface area contributed by atoms with Crippen LogP contribution in [0.5, 0.6) is 0 Å². The predicted octanol–water partition coefficient (Wildman–Crippen LogP) is 2.91. The van der Waals surface area contributed by atoms with Gasteiger partial charge in [-0.05, 0) is 50.1 Å². The molecule has 1 atom stereocenters. The van der Waals surface area contributed by atoms with Gasteiger partial charge in [-0.2, -0.15) is 0 Å². The van der Waals surface area contributed by atoms with Gasteiger partial charge in [0.05, 0.1) is 10.1 Å². The molecule has 1 heterocycles. The van der Waals surface area contributed by atoms with Crippen LogP contribution >= 0.6 is 11.8 Å². The van der Waals surface area contributed by atoms with Crippen molar-refractivity contribution in [2.75, 3.05) is 5.32 Å². The second-order valence-electron chi connectivity index (χ2n) is 7.11. The third-order valence-corrected chi connectivity index (χ3v) is 6.65. The van der Waals surface area contributed by atoms with Crippen LogP contribution in [0.15, 0.2) is 64.6 Å². The molecule has 1 aliphatic carbocycles. The minimum atomic E-state index is -3.84. The number of carbonyl (C=O) groups is 1. The second kappa shape index (κ2) is 8.21. The number of aromatic nitrogens is 3. The molecular formula is C20H21N5O3S2. The lowest BCUT2D eigenvalue weighted by atomic mass is 10.3. The molecule has 1 saturated carbocycles. The van der Waals surface area contributed by atoms with Crippen LogP contribution in [0, 0.1) is 0 Å². The quantitative estimate of drug-likeness (QED) is 0.542. The summed E-state index contributed by atoms with van der Waals surface area (Å²) in [4.78, 5) is 12.7. The molecule has 4 rings (SSSR count). The van der Waals surface area contributed by atoms with Gasteiger partial charge >= 0.3 is 0 Å². The van der Waals surface area contributed by atoms with Gasteiger partial charge in [0.15, 0.2) is 5.16 Å². The Bertz CT molecular complexity index is 1170. The molecule has 30 heavy (non-hydrogen) atoms. The molecule has 0 bridgehead atoms. The topological polar surface area (TPSA) is 120 Å². The number of para-hydroxylation sites is 1. The van der Waals surface area contributed by atoms with Crippen LogP contribution in [0.1, 0.15) is 31.5 Å². The molecular weight excluding hydrogens is 422 g/mol. The van der Waals surface area contributed by atoms with Crippen LogP contribution < -0.4 is 10.5 Å². The number of sulfonamides is 1. The molecule has 2 aromatic carbocycles. The van der Waals surface area contributed by atoms with E-state index in [0.29, 0.717) is 16.8 Å². The molecule has 1 aromatic heterocycles. The van der Waals surface area contributed by atoms with E-state index < -0.39 is 15.3 Å². The van der Waals surface area contributed by atoms with Gasteiger partial charge in [-0.15, -0.1) is 10.2 Å². The maximum Gasteiger partial charge on any atom is 0.238 e. The molecule has 1 unspecified atom stereocenters. The van der Waals surface area contributed by atoms with Crippen molar-refractivity contribution in [2.45, 2.75) is 41.0 Å². The van der Waals surface area contributed by atoms with Gasteiger partial charge in [-0.1, -0.05) is 36.0 Å². The highest BCUT2D eigenvalue weighted by atomic mass is 32.2. The second-order valence-corrected chi connectivity index (χ2v) is 9.98. The molecule has 10 heteroatoms. The van der Waals surface area contributed by atoms with Gasteiger partial charge in [-0.3, -0.25) is 9.36 Å². The summed E-state index contributed by atoms with van der Waals surface area (Å²) in [5, 5.41) is 16.8. The smallest absolute Gasteiger partial charge is 0.238 e. The van der Waals surface area contributed by atoms with Gasteiger partial charge in [-0.25, -0.2) is 13.6 Å². The van der Waals surface area contributed by atoms with E-state index in [0.717, 1.165) is 24.4 Å². The SMILES string of the molecule is CC(Sc1nnc(C2CC2)n1-c1ccccc1)C(=O)Nc1cccc(S(N)(=O)=O)c1. The molecule has 0 radical (unpaired) electrons. The molecule has 0 spiro atoms. The van der Waals surface area contributed by atoms with E-state index in [1.165, 1.54) is 30.0 Å². The van der Waals surface area contributed by atoms with Crippen LogP contribution in [0.4, 0.5) is 5.69 Å². The first-order chi connectivity index (χ1) is 14.3. The molecule has 3 aromatic rings. The van der Waals surface area contributed by atoms with Crippen molar-refractivity contribution in [3.8, 4) is 5.69 Å². The zero-order valence-electron chi connectivity index (χ0n) is 16.2. The van der Waals surface area contributed by atoms with Crippen LogP contribution in [0.3, 0.4) is 0 Å². The minimum Gasteiger partial charge on any atom is -0.325 e. The summed E-state index contributed by atoms with van der Waals surface area (Å²) < 4.78 is 25.1. The summed E-state index contributed by atoms with van der Waals surface area (Å²) in [5.41, 5.74) is 1.32. The van der Waals surface area contributed by atoms with Crippen LogP contribution in [-0.2, 0) is 14.8 Å². The van der Waals surface area contributed by atoms with Crippen molar-refractivity contribution in [1.29, 1.82) is 0 Å². The zero-order valence-corrected chi connectivity index (χ0v) is 17.9. The van der Waals surface area contributed by atoms with Gasteiger partial charge in [0, 0.05) is 17.3 Å². The number of nitrogens with two attached hydrogens (primary N) is 1. The normalized spacial score (nSPS) is 15.0. The first-order valence-electron chi connectivity index (χ1n) is 9.44. The number of nitrogens with zero attached hydrogens (tertiary/aromatic N) is 3. The van der Waals surface area contributed by atoms with Crippen molar-refractivity contribution in [1.82, 2.24) is 14.8 Å². The fourth-order valence-corrected chi connectivity index (χ4v) is 4.42. The Kier molecular flexibility index (Phi) is 5.63. The molecule has 0 saturated heterocycles. The molecule has 8 nitrogen and oxygen atoms in total. The van der Waals surface area contributed by atoms with E-state index >= 15 is 0 Å². The number of nitrogens with one attached hydrogen (secondary N) is 1. The Balaban J connectivity index is 1.53. The summed E-state index contributed by atoms with van der Waals surface area (Å²) in [6, 6.07) is 15.7. The fourth-order valence-electron chi connectivity index (χ4n) is 2.99. The van der Waals surface area contributed by atoms with Crippen molar-refractivity contribution in [3.05, 3.63) is 60.4 Å². The van der Waals surface area contributed by atoms with Gasteiger partial charge in [0.1, 0.15) is 5.82 Å². The third-order valence-electron chi connectivity index (χ3n) is 4.70. The number of carbonyl (C=O) groups excluding carboxylic acids is 1. The lowest BCUT2D eigenvalue weighted by Gasteiger charge is -2.14. The highest BCUT2D eigenvalue weighted by molar-refractivity contribution is 8.00. The molecule has 3 N–H and O–H groups in total. The monoisotopic (exact) mass is 443 g/mol. The number of thioether (sulfide) groups is 1. The van der Waals surface area contributed by atoms with Gasteiger partial charge < -0.3 is 5.32 Å². The van der Waals surface area contributed by atoms with Crippen LogP contribution in [0.25, 0.3) is 5.69 Å². The average molecular weight is 444 g/mol. The zero-order chi connectivity index (χ0) is 21.3. The Morgan fingerprint density at radius 1 is 1.17 bits per heavy atom. The maximum atomic E-state index is 12.7. The van der Waals surface area contributed by atoms with E-state index in [1.807, 2.05) is 34.9 Å². The Hall–Kier alpha value is -2.69. The van der Waals surface area contributed by atoms with E-state index in [1.54, 1.807) is 13.0 Å². The first kappa shape index (κ1) is 20.6. The Morgan fingerprint density at radius 2 is 1.90 bits per heavy atom. The molecule has 1 amide bonds. The highest BCUT2D eigenvalue weighted by Gasteiger charge is 2.31. The number of rotatable bonds is 7.